The third-order valence-electron chi connectivity index (χ3n) is 2.83. The van der Waals surface area contributed by atoms with E-state index >= 15 is 0 Å². The Kier molecular flexibility index (Phi) is 2.95. The Labute approximate surface area is 119 Å². The maximum Gasteiger partial charge on any atom is 0.121 e. The molecule has 0 atom stereocenters. The molecule has 0 saturated carbocycles. The first kappa shape index (κ1) is 11.5. The highest BCUT2D eigenvalue weighted by Crippen LogP contribution is 2.22. The van der Waals surface area contributed by atoms with Crippen molar-refractivity contribution < 1.29 is 4.74 Å². The predicted octanol–water partition coefficient (Wildman–Crippen LogP) is 3.64. The SMILES string of the molecule is COc1cccc(-n2ncc3cc(I)ccc32)c1. The number of rotatable bonds is 2. The number of methoxy groups -OCH3 is 1. The second-order valence-corrected chi connectivity index (χ2v) is 5.21. The second kappa shape index (κ2) is 4.61. The molecule has 0 radical (unpaired) electrons. The molecule has 90 valence electrons. The summed E-state index contributed by atoms with van der Waals surface area (Å²) in [6.45, 7) is 0. The smallest absolute Gasteiger partial charge is 0.121 e. The molecular formula is C14H11IN2O. The van der Waals surface area contributed by atoms with E-state index in [-0.39, 0.29) is 0 Å². The van der Waals surface area contributed by atoms with Crippen LogP contribution in [-0.2, 0) is 0 Å². The van der Waals surface area contributed by atoms with Crippen LogP contribution in [0.25, 0.3) is 16.6 Å². The molecule has 4 heteroatoms. The topological polar surface area (TPSA) is 27.1 Å². The number of aromatic nitrogens is 2. The lowest BCUT2D eigenvalue weighted by molar-refractivity contribution is 0.414. The summed E-state index contributed by atoms with van der Waals surface area (Å²) in [5, 5.41) is 5.58. The highest BCUT2D eigenvalue weighted by atomic mass is 127. The number of fused-ring (bicyclic) bond motifs is 1. The van der Waals surface area contributed by atoms with Crippen molar-refractivity contribution >= 4 is 33.5 Å². The van der Waals surface area contributed by atoms with E-state index < -0.39 is 0 Å². The number of halogens is 1. The number of hydrogen-bond donors (Lipinski definition) is 0. The maximum atomic E-state index is 5.24. The molecule has 0 unspecified atom stereocenters. The molecule has 0 N–H and O–H groups in total. The van der Waals surface area contributed by atoms with Gasteiger partial charge in [-0.05, 0) is 52.9 Å². The van der Waals surface area contributed by atoms with Crippen LogP contribution in [0.3, 0.4) is 0 Å². The highest BCUT2D eigenvalue weighted by molar-refractivity contribution is 14.1. The molecule has 1 heterocycles. The van der Waals surface area contributed by atoms with Gasteiger partial charge in [0.2, 0.25) is 0 Å². The molecule has 0 spiro atoms. The van der Waals surface area contributed by atoms with Gasteiger partial charge in [0.15, 0.2) is 0 Å². The fourth-order valence-corrected chi connectivity index (χ4v) is 2.47. The van der Waals surface area contributed by atoms with Crippen molar-refractivity contribution in [3.05, 3.63) is 52.2 Å². The Morgan fingerprint density at radius 1 is 1.17 bits per heavy atom. The van der Waals surface area contributed by atoms with Gasteiger partial charge >= 0.3 is 0 Å². The van der Waals surface area contributed by atoms with Crippen LogP contribution in [-0.4, -0.2) is 16.9 Å². The zero-order valence-corrected chi connectivity index (χ0v) is 12.0. The first-order valence-corrected chi connectivity index (χ1v) is 6.63. The third kappa shape index (κ3) is 1.96. The van der Waals surface area contributed by atoms with Gasteiger partial charge in [0, 0.05) is 15.0 Å². The van der Waals surface area contributed by atoms with Crippen LogP contribution in [0.2, 0.25) is 0 Å². The van der Waals surface area contributed by atoms with E-state index in [0.29, 0.717) is 0 Å². The largest absolute Gasteiger partial charge is 0.497 e. The zero-order valence-electron chi connectivity index (χ0n) is 9.80. The van der Waals surface area contributed by atoms with Gasteiger partial charge < -0.3 is 4.74 Å². The lowest BCUT2D eigenvalue weighted by Gasteiger charge is -2.06. The molecule has 18 heavy (non-hydrogen) atoms. The van der Waals surface area contributed by atoms with Gasteiger partial charge in [0.1, 0.15) is 5.75 Å². The molecule has 2 aromatic carbocycles. The van der Waals surface area contributed by atoms with Crippen molar-refractivity contribution in [3.63, 3.8) is 0 Å². The van der Waals surface area contributed by atoms with Gasteiger partial charge in [0.25, 0.3) is 0 Å². The van der Waals surface area contributed by atoms with E-state index in [2.05, 4.69) is 45.9 Å². The summed E-state index contributed by atoms with van der Waals surface area (Å²) in [6, 6.07) is 14.2. The summed E-state index contributed by atoms with van der Waals surface area (Å²) in [4.78, 5) is 0. The van der Waals surface area contributed by atoms with Crippen LogP contribution >= 0.6 is 22.6 Å². The Morgan fingerprint density at radius 3 is 2.89 bits per heavy atom. The molecule has 0 bridgehead atoms. The number of ether oxygens (including phenoxy) is 1. The molecule has 0 aliphatic heterocycles. The van der Waals surface area contributed by atoms with Crippen molar-refractivity contribution in [2.24, 2.45) is 0 Å². The van der Waals surface area contributed by atoms with Gasteiger partial charge in [-0.15, -0.1) is 0 Å². The lowest BCUT2D eigenvalue weighted by Crippen LogP contribution is -1.96. The normalized spacial score (nSPS) is 10.8. The van der Waals surface area contributed by atoms with Crippen molar-refractivity contribution in [2.75, 3.05) is 7.11 Å². The second-order valence-electron chi connectivity index (χ2n) is 3.96. The van der Waals surface area contributed by atoms with E-state index in [4.69, 9.17) is 4.74 Å². The summed E-state index contributed by atoms with van der Waals surface area (Å²) in [6.07, 6.45) is 1.89. The Hall–Kier alpha value is -1.56. The zero-order chi connectivity index (χ0) is 12.5. The molecule has 3 rings (SSSR count). The first-order valence-electron chi connectivity index (χ1n) is 5.55. The minimum atomic E-state index is 0.835. The number of benzene rings is 2. The Bertz CT molecular complexity index is 706. The fourth-order valence-electron chi connectivity index (χ4n) is 1.95. The average molecular weight is 350 g/mol. The molecule has 3 aromatic rings. The molecule has 0 saturated heterocycles. The monoisotopic (exact) mass is 350 g/mol. The Morgan fingerprint density at radius 2 is 2.06 bits per heavy atom. The van der Waals surface area contributed by atoms with E-state index in [1.165, 1.54) is 3.57 Å². The molecule has 0 fully saturated rings. The maximum absolute atomic E-state index is 5.24. The number of nitrogens with zero attached hydrogens (tertiary/aromatic N) is 2. The molecule has 3 nitrogen and oxygen atoms in total. The van der Waals surface area contributed by atoms with Gasteiger partial charge in [-0.2, -0.15) is 5.10 Å². The summed E-state index contributed by atoms with van der Waals surface area (Å²) in [5.41, 5.74) is 2.11. The van der Waals surface area contributed by atoms with Crippen LogP contribution in [0.5, 0.6) is 5.75 Å². The van der Waals surface area contributed by atoms with Gasteiger partial charge in [-0.3, -0.25) is 0 Å². The minimum Gasteiger partial charge on any atom is -0.497 e. The van der Waals surface area contributed by atoms with Gasteiger partial charge in [0.05, 0.1) is 24.5 Å². The van der Waals surface area contributed by atoms with Crippen molar-refractivity contribution in [1.82, 2.24) is 9.78 Å². The molecule has 0 amide bonds. The predicted molar refractivity (Wildman–Crippen MR) is 80.3 cm³/mol. The first-order chi connectivity index (χ1) is 8.78. The third-order valence-corrected chi connectivity index (χ3v) is 3.50. The van der Waals surface area contributed by atoms with Crippen molar-refractivity contribution in [3.8, 4) is 11.4 Å². The standard InChI is InChI=1S/C14H11IN2O/c1-18-13-4-2-3-12(8-13)17-14-6-5-11(15)7-10(14)9-16-17/h2-9H,1H3. The van der Waals surface area contributed by atoms with Gasteiger partial charge in [-0.1, -0.05) is 6.07 Å². The summed E-state index contributed by atoms with van der Waals surface area (Å²) in [7, 11) is 1.67. The van der Waals surface area contributed by atoms with E-state index in [1.807, 2.05) is 35.1 Å². The molecule has 1 aromatic heterocycles. The van der Waals surface area contributed by atoms with Crippen LogP contribution in [0.1, 0.15) is 0 Å². The van der Waals surface area contributed by atoms with Crippen LogP contribution < -0.4 is 4.74 Å². The van der Waals surface area contributed by atoms with E-state index in [1.54, 1.807) is 7.11 Å². The van der Waals surface area contributed by atoms with E-state index in [9.17, 15) is 0 Å². The average Bonchev–Trinajstić information content (AvgIpc) is 2.81. The van der Waals surface area contributed by atoms with Crippen molar-refractivity contribution in [1.29, 1.82) is 0 Å². The van der Waals surface area contributed by atoms with Crippen LogP contribution in [0.4, 0.5) is 0 Å². The molecule has 0 aliphatic carbocycles. The van der Waals surface area contributed by atoms with Crippen LogP contribution in [0.15, 0.2) is 48.7 Å². The van der Waals surface area contributed by atoms with Crippen molar-refractivity contribution in [2.45, 2.75) is 0 Å². The van der Waals surface area contributed by atoms with E-state index in [0.717, 1.165) is 22.3 Å². The summed E-state index contributed by atoms with van der Waals surface area (Å²) < 4.78 is 8.38. The number of hydrogen-bond acceptors (Lipinski definition) is 2. The highest BCUT2D eigenvalue weighted by Gasteiger charge is 2.05. The Balaban J connectivity index is 2.19. The molecular weight excluding hydrogens is 339 g/mol. The van der Waals surface area contributed by atoms with Gasteiger partial charge in [-0.25, -0.2) is 4.68 Å². The molecule has 0 aliphatic rings. The fraction of sp³-hybridized carbons (Fsp3) is 0.0714. The van der Waals surface area contributed by atoms with Crippen LogP contribution in [0, 0.1) is 3.57 Å². The minimum absolute atomic E-state index is 0.835. The summed E-state index contributed by atoms with van der Waals surface area (Å²) >= 11 is 2.31. The lowest BCUT2D eigenvalue weighted by atomic mass is 10.2. The quantitative estimate of drug-likeness (QED) is 0.660. The summed E-state index contributed by atoms with van der Waals surface area (Å²) in [5.74, 6) is 0.835.